The molecule has 0 aliphatic heterocycles. The second kappa shape index (κ2) is 1.60. The molecule has 0 saturated heterocycles. The van der Waals surface area contributed by atoms with E-state index in [4.69, 9.17) is 0 Å². The molecule has 2 nitrogen and oxygen atoms in total. The molecule has 0 fully saturated rings. The maximum Gasteiger partial charge on any atom is 0.00489 e. The van der Waals surface area contributed by atoms with Crippen LogP contribution in [-0.2, 0) is 0 Å². The summed E-state index contributed by atoms with van der Waals surface area (Å²) in [6, 6.07) is 0. The van der Waals surface area contributed by atoms with Crippen LogP contribution in [0.25, 0.3) is 0 Å². The maximum atomic E-state index is 3.57. The van der Waals surface area contributed by atoms with Crippen LogP contribution in [0.2, 0.25) is 0 Å². The first-order valence-electron chi connectivity index (χ1n) is 1.79. The Balaban J connectivity index is 0.000000360. The molecule has 7 heavy (non-hydrogen) atoms. The smallest absolute Gasteiger partial charge is 0.00489 e. The van der Waals surface area contributed by atoms with E-state index < -0.39 is 0 Å². The summed E-state index contributed by atoms with van der Waals surface area (Å²) in [6.07, 6.45) is 3.44. The number of aromatic nitrogens is 2. The Morgan fingerprint density at radius 1 is 1.71 bits per heavy atom. The molecule has 1 rings (SSSR count). The zero-order chi connectivity index (χ0) is 4.41. The van der Waals surface area contributed by atoms with E-state index in [1.165, 1.54) is 0 Å². The van der Waals surface area contributed by atoms with Gasteiger partial charge in [0.1, 0.15) is 0 Å². The summed E-state index contributed by atoms with van der Waals surface area (Å²) < 4.78 is 0. The number of hydrogen-bond acceptors (Lipinski definition) is 1. The number of nitrogens with zero attached hydrogens (tertiary/aromatic N) is 2. The average Bonchev–Trinajstić information content (AvgIpc) is 1.86. The summed E-state index contributed by atoms with van der Waals surface area (Å²) in [5.74, 6) is 0. The van der Waals surface area contributed by atoms with Gasteiger partial charge in [0, 0.05) is 6.20 Å². The van der Waals surface area contributed by atoms with Crippen molar-refractivity contribution in [3.63, 3.8) is 0 Å². The zero-order valence-electron chi connectivity index (χ0n) is 4.26. The summed E-state index contributed by atoms with van der Waals surface area (Å²) in [5.41, 5.74) is 1.12. The van der Waals surface area contributed by atoms with Gasteiger partial charge in [-0.25, -0.2) is 0 Å². The molecule has 0 amide bonds. The van der Waals surface area contributed by atoms with Crippen LogP contribution >= 0.6 is 0 Å². The van der Waals surface area contributed by atoms with Crippen molar-refractivity contribution in [3.05, 3.63) is 18.0 Å². The largest absolute Gasteiger partial charge is 0.582 e. The van der Waals surface area contributed by atoms with Crippen molar-refractivity contribution in [2.75, 3.05) is 0 Å². The fourth-order valence-corrected chi connectivity index (χ4v) is 0.282. The molecule has 0 aromatic carbocycles. The van der Waals surface area contributed by atoms with E-state index in [0.717, 1.165) is 5.56 Å². The first-order chi connectivity index (χ1) is 2.89. The third kappa shape index (κ3) is 0.758. The van der Waals surface area contributed by atoms with Crippen LogP contribution in [0.15, 0.2) is 12.4 Å². The van der Waals surface area contributed by atoms with Gasteiger partial charge in [-0.05, 0) is 6.92 Å². The van der Waals surface area contributed by atoms with E-state index in [-0.39, 0.29) is 0 Å². The molecule has 0 aliphatic rings. The van der Waals surface area contributed by atoms with Gasteiger partial charge in [0.15, 0.2) is 0 Å². The molecule has 1 aromatic rings. The fraction of sp³-hybridized carbons (Fsp3) is 0.250. The van der Waals surface area contributed by atoms with Crippen LogP contribution in [-0.4, -0.2) is 5.10 Å². The van der Waals surface area contributed by atoms with Crippen molar-refractivity contribution < 1.29 is 0 Å². The van der Waals surface area contributed by atoms with Crippen LogP contribution in [0.5, 0.6) is 0 Å². The van der Waals surface area contributed by atoms with Crippen LogP contribution in [0.1, 0.15) is 5.56 Å². The van der Waals surface area contributed by atoms with Gasteiger partial charge in [0.2, 0.25) is 0 Å². The predicted octanol–water partition coefficient (Wildman–Crippen LogP) is 0.347. The second-order valence-electron chi connectivity index (χ2n) is 1.23. The third-order valence-electron chi connectivity index (χ3n) is 0.589. The Bertz CT molecular complexity index is 113. The fourth-order valence-electron chi connectivity index (χ4n) is 0.282. The summed E-state index contributed by atoms with van der Waals surface area (Å²) >= 11 is 0. The van der Waals surface area contributed by atoms with Gasteiger partial charge in [0.25, 0.3) is 0 Å². The minimum absolute atomic E-state index is 0. The molecule has 0 unspecified atom stereocenters. The second-order valence-corrected chi connectivity index (χ2v) is 1.23. The molecular formula is C4H5N2Rf-. The maximum absolute atomic E-state index is 3.57. The first-order valence-corrected chi connectivity index (χ1v) is 1.79. The minimum Gasteiger partial charge on any atom is -0.582 e. The summed E-state index contributed by atoms with van der Waals surface area (Å²) in [4.78, 5) is 0. The van der Waals surface area contributed by atoms with Crippen molar-refractivity contribution in [1.82, 2.24) is 10.2 Å². The third-order valence-corrected chi connectivity index (χ3v) is 0.589. The number of rotatable bonds is 0. The van der Waals surface area contributed by atoms with Crippen LogP contribution in [0.4, 0.5) is 0 Å². The average molecular weight is 348 g/mol. The molecular weight excluding hydrogens is 343 g/mol. The van der Waals surface area contributed by atoms with Gasteiger partial charge in [-0.3, -0.25) is 0 Å². The molecule has 1 heterocycles. The molecule has 3 heteroatoms. The summed E-state index contributed by atoms with van der Waals surface area (Å²) in [6.45, 7) is 1.96. The molecule has 0 bridgehead atoms. The monoisotopic (exact) mass is 348 g/mol. The van der Waals surface area contributed by atoms with Gasteiger partial charge < -0.3 is 10.2 Å². The summed E-state index contributed by atoms with van der Waals surface area (Å²) in [5, 5.41) is 7.14. The van der Waals surface area contributed by atoms with E-state index >= 15 is 0 Å². The normalized spacial score (nSPS) is 7.57. The van der Waals surface area contributed by atoms with Crippen LogP contribution < -0.4 is 5.10 Å². The molecule has 1 aromatic heterocycles. The Labute approximate surface area is 36.2 Å². The van der Waals surface area contributed by atoms with Crippen molar-refractivity contribution in [1.29, 1.82) is 0 Å². The molecule has 34 valence electrons. The van der Waals surface area contributed by atoms with E-state index in [0.29, 0.717) is 0 Å². The van der Waals surface area contributed by atoms with Crippen LogP contribution in [0.3, 0.4) is 0 Å². The van der Waals surface area contributed by atoms with E-state index in [2.05, 4.69) is 10.2 Å². The Kier molecular flexibility index (Phi) is 1.19. The Hall–Kier alpha value is -1.79. The number of hydrogen-bond donors (Lipinski definition) is 0. The predicted molar refractivity (Wildman–Crippen MR) is 22.3 cm³/mol. The molecule has 0 aliphatic carbocycles. The van der Waals surface area contributed by atoms with E-state index in [9.17, 15) is 0 Å². The Morgan fingerprint density at radius 2 is 2.43 bits per heavy atom. The quantitative estimate of drug-likeness (QED) is 0.677. The molecule has 0 radical (unpaired) electrons. The first kappa shape index (κ1) is 5.21. The Morgan fingerprint density at radius 3 is 2.57 bits per heavy atom. The topological polar surface area (TPSA) is 27.0 Å². The number of aryl methyl sites for hydroxylation is 1. The summed E-state index contributed by atoms with van der Waals surface area (Å²) in [7, 11) is 0. The van der Waals surface area contributed by atoms with Crippen molar-refractivity contribution in [3.8, 4) is 0 Å². The SMILES string of the molecule is Cc1cn[n-]c1.[Rf]. The van der Waals surface area contributed by atoms with Gasteiger partial charge in [-0.1, -0.05) is 5.56 Å². The van der Waals surface area contributed by atoms with Gasteiger partial charge in [0.05, 0.1) is 0 Å². The van der Waals surface area contributed by atoms with Crippen molar-refractivity contribution in [2.24, 2.45) is 0 Å². The molecule has 0 saturated carbocycles. The zero-order valence-corrected chi connectivity index (χ0v) is 10.7. The van der Waals surface area contributed by atoms with Crippen molar-refractivity contribution in [2.45, 2.75) is 6.92 Å². The molecule has 0 N–H and O–H groups in total. The van der Waals surface area contributed by atoms with Gasteiger partial charge in [-0.15, -0.1) is 0 Å². The van der Waals surface area contributed by atoms with E-state index in [1.54, 1.807) is 12.4 Å². The van der Waals surface area contributed by atoms with Gasteiger partial charge >= 0.3 is 0 Å². The minimum atomic E-state index is 0. The van der Waals surface area contributed by atoms with E-state index in [1.807, 2.05) is 6.92 Å². The molecule has 0 atom stereocenters. The molecule has 0 spiro atoms. The van der Waals surface area contributed by atoms with Crippen LogP contribution in [0, 0.1) is 6.92 Å². The standard InChI is InChI=1S/C4H5N2.Rf/c1-4-2-5-6-3-4;/h2-3H,1H3;/q-1;. The van der Waals surface area contributed by atoms with Crippen molar-refractivity contribution >= 4 is 0 Å². The van der Waals surface area contributed by atoms with Gasteiger partial charge in [-0.2, -0.15) is 6.20 Å².